The van der Waals surface area contributed by atoms with Crippen molar-refractivity contribution in [1.29, 1.82) is 0 Å². The van der Waals surface area contributed by atoms with Gasteiger partial charge in [0.25, 0.3) is 0 Å². The molecule has 0 heterocycles. The number of para-hydroxylation sites is 1. The van der Waals surface area contributed by atoms with Crippen molar-refractivity contribution in [3.8, 4) is 5.75 Å². The number of nitrogens with one attached hydrogen (secondary N) is 1. The number of hydrogen-bond donors (Lipinski definition) is 2. The van der Waals surface area contributed by atoms with Gasteiger partial charge < -0.3 is 15.2 Å². The highest BCUT2D eigenvalue weighted by molar-refractivity contribution is 6.35. The van der Waals surface area contributed by atoms with Gasteiger partial charge in [-0.3, -0.25) is 0 Å². The summed E-state index contributed by atoms with van der Waals surface area (Å²) in [5.74, 6) is 0.510. The fourth-order valence-corrected chi connectivity index (χ4v) is 2.30. The lowest BCUT2D eigenvalue weighted by molar-refractivity contribution is 0.117. The molecule has 2 aromatic rings. The quantitative estimate of drug-likeness (QED) is 0.838. The molecule has 2 N–H and O–H groups in total. The maximum Gasteiger partial charge on any atom is 0.138 e. The van der Waals surface area contributed by atoms with Crippen molar-refractivity contribution < 1.29 is 9.84 Å². The summed E-state index contributed by atoms with van der Waals surface area (Å²) in [6, 6.07) is 12.9. The molecule has 2 rings (SSSR count). The standard InChI is InChI=1S/C16H17Cl2NO2/c1-11-4-2-3-5-15(11)19-9-13(20)10-21-16-7-6-12(17)8-14(16)18/h2-8,13,19-20H,9-10H2,1H3. The molecule has 0 aromatic heterocycles. The van der Waals surface area contributed by atoms with Gasteiger partial charge in [0.2, 0.25) is 0 Å². The summed E-state index contributed by atoms with van der Waals surface area (Å²) in [5.41, 5.74) is 2.13. The van der Waals surface area contributed by atoms with E-state index in [0.717, 1.165) is 11.3 Å². The molecule has 1 unspecified atom stereocenters. The van der Waals surface area contributed by atoms with Crippen molar-refractivity contribution in [1.82, 2.24) is 0 Å². The Morgan fingerprint density at radius 1 is 1.19 bits per heavy atom. The van der Waals surface area contributed by atoms with Crippen LogP contribution in [0.4, 0.5) is 5.69 Å². The number of hydrogen-bond acceptors (Lipinski definition) is 3. The van der Waals surface area contributed by atoms with Gasteiger partial charge >= 0.3 is 0 Å². The number of ether oxygens (including phenoxy) is 1. The molecular weight excluding hydrogens is 309 g/mol. The van der Waals surface area contributed by atoms with Gasteiger partial charge in [-0.25, -0.2) is 0 Å². The number of benzene rings is 2. The molecular formula is C16H17Cl2NO2. The molecule has 0 aliphatic heterocycles. The van der Waals surface area contributed by atoms with Crippen molar-refractivity contribution in [3.05, 3.63) is 58.1 Å². The van der Waals surface area contributed by atoms with E-state index in [1.165, 1.54) is 0 Å². The Balaban J connectivity index is 1.82. The lowest BCUT2D eigenvalue weighted by atomic mass is 10.2. The maximum absolute atomic E-state index is 9.95. The molecule has 0 aliphatic rings. The Hall–Kier alpha value is -1.42. The number of aliphatic hydroxyl groups excluding tert-OH is 1. The topological polar surface area (TPSA) is 41.5 Å². The van der Waals surface area contributed by atoms with Crippen LogP contribution >= 0.6 is 23.2 Å². The van der Waals surface area contributed by atoms with Gasteiger partial charge in [0.15, 0.2) is 0 Å². The van der Waals surface area contributed by atoms with Crippen LogP contribution < -0.4 is 10.1 Å². The molecule has 0 spiro atoms. The van der Waals surface area contributed by atoms with E-state index in [1.807, 2.05) is 31.2 Å². The monoisotopic (exact) mass is 325 g/mol. The fraction of sp³-hybridized carbons (Fsp3) is 0.250. The first-order valence-corrected chi connectivity index (χ1v) is 7.37. The average molecular weight is 326 g/mol. The molecule has 5 heteroatoms. The smallest absolute Gasteiger partial charge is 0.138 e. The third kappa shape index (κ3) is 4.81. The SMILES string of the molecule is Cc1ccccc1NCC(O)COc1ccc(Cl)cc1Cl. The molecule has 0 bridgehead atoms. The highest BCUT2D eigenvalue weighted by Crippen LogP contribution is 2.27. The zero-order valence-electron chi connectivity index (χ0n) is 11.6. The van der Waals surface area contributed by atoms with Crippen LogP contribution in [0.2, 0.25) is 10.0 Å². The van der Waals surface area contributed by atoms with Crippen molar-refractivity contribution in [2.24, 2.45) is 0 Å². The molecule has 2 aromatic carbocycles. The van der Waals surface area contributed by atoms with Crippen LogP contribution in [-0.2, 0) is 0 Å². The number of anilines is 1. The number of aryl methyl sites for hydroxylation is 1. The molecule has 0 fully saturated rings. The molecule has 0 radical (unpaired) electrons. The van der Waals surface area contributed by atoms with Gasteiger partial charge in [0.1, 0.15) is 18.5 Å². The molecule has 0 amide bonds. The summed E-state index contributed by atoms with van der Waals surface area (Å²) in [6.45, 7) is 2.56. The van der Waals surface area contributed by atoms with E-state index < -0.39 is 6.10 Å². The molecule has 21 heavy (non-hydrogen) atoms. The molecule has 112 valence electrons. The predicted molar refractivity (Wildman–Crippen MR) is 87.6 cm³/mol. The minimum atomic E-state index is -0.642. The van der Waals surface area contributed by atoms with E-state index in [-0.39, 0.29) is 6.61 Å². The van der Waals surface area contributed by atoms with E-state index in [2.05, 4.69) is 5.32 Å². The first-order chi connectivity index (χ1) is 10.1. The van der Waals surface area contributed by atoms with Crippen LogP contribution in [0.3, 0.4) is 0 Å². The van der Waals surface area contributed by atoms with Crippen LogP contribution in [0.1, 0.15) is 5.56 Å². The van der Waals surface area contributed by atoms with Gasteiger partial charge in [-0.2, -0.15) is 0 Å². The van der Waals surface area contributed by atoms with Crippen molar-refractivity contribution in [2.45, 2.75) is 13.0 Å². The first kappa shape index (κ1) is 16.0. The van der Waals surface area contributed by atoms with Crippen LogP contribution in [0, 0.1) is 6.92 Å². The van der Waals surface area contributed by atoms with E-state index in [0.29, 0.717) is 22.3 Å². The molecule has 0 saturated carbocycles. The Bertz CT molecular complexity index is 605. The second-order valence-electron chi connectivity index (χ2n) is 4.74. The van der Waals surface area contributed by atoms with Gasteiger partial charge in [0.05, 0.1) is 5.02 Å². The maximum atomic E-state index is 9.95. The molecule has 0 aliphatic carbocycles. The Morgan fingerprint density at radius 2 is 1.95 bits per heavy atom. The number of halogens is 2. The number of aliphatic hydroxyl groups is 1. The third-order valence-electron chi connectivity index (χ3n) is 3.00. The lowest BCUT2D eigenvalue weighted by Crippen LogP contribution is -2.26. The van der Waals surface area contributed by atoms with E-state index in [9.17, 15) is 5.11 Å². The highest BCUT2D eigenvalue weighted by atomic mass is 35.5. The van der Waals surface area contributed by atoms with Gasteiger partial charge in [0, 0.05) is 17.3 Å². The summed E-state index contributed by atoms with van der Waals surface area (Å²) in [5, 5.41) is 14.1. The summed E-state index contributed by atoms with van der Waals surface area (Å²) in [4.78, 5) is 0. The van der Waals surface area contributed by atoms with Gasteiger partial charge in [-0.1, -0.05) is 41.4 Å². The van der Waals surface area contributed by atoms with Crippen LogP contribution in [-0.4, -0.2) is 24.4 Å². The van der Waals surface area contributed by atoms with Crippen LogP contribution in [0.15, 0.2) is 42.5 Å². The van der Waals surface area contributed by atoms with Crippen molar-refractivity contribution in [2.75, 3.05) is 18.5 Å². The number of rotatable bonds is 6. The van der Waals surface area contributed by atoms with Crippen LogP contribution in [0.25, 0.3) is 0 Å². The second-order valence-corrected chi connectivity index (χ2v) is 5.58. The summed E-state index contributed by atoms with van der Waals surface area (Å²) in [6.07, 6.45) is -0.642. The Labute approximate surface area is 134 Å². The first-order valence-electron chi connectivity index (χ1n) is 6.61. The van der Waals surface area contributed by atoms with E-state index in [1.54, 1.807) is 18.2 Å². The normalized spacial score (nSPS) is 12.0. The lowest BCUT2D eigenvalue weighted by Gasteiger charge is -2.15. The zero-order chi connectivity index (χ0) is 15.2. The van der Waals surface area contributed by atoms with Gasteiger partial charge in [-0.05, 0) is 36.8 Å². The van der Waals surface area contributed by atoms with E-state index in [4.69, 9.17) is 27.9 Å². The van der Waals surface area contributed by atoms with Crippen LogP contribution in [0.5, 0.6) is 5.75 Å². The minimum absolute atomic E-state index is 0.153. The molecule has 3 nitrogen and oxygen atoms in total. The largest absolute Gasteiger partial charge is 0.489 e. The Kier molecular flexibility index (Phi) is 5.74. The Morgan fingerprint density at radius 3 is 2.67 bits per heavy atom. The third-order valence-corrected chi connectivity index (χ3v) is 3.53. The summed E-state index contributed by atoms with van der Waals surface area (Å²) < 4.78 is 5.49. The molecule has 1 atom stereocenters. The summed E-state index contributed by atoms with van der Waals surface area (Å²) in [7, 11) is 0. The average Bonchev–Trinajstić information content (AvgIpc) is 2.45. The minimum Gasteiger partial charge on any atom is -0.489 e. The van der Waals surface area contributed by atoms with E-state index >= 15 is 0 Å². The summed E-state index contributed by atoms with van der Waals surface area (Å²) >= 11 is 11.8. The van der Waals surface area contributed by atoms with Crippen molar-refractivity contribution >= 4 is 28.9 Å². The predicted octanol–water partition coefficient (Wildman–Crippen LogP) is 4.15. The molecule has 0 saturated heterocycles. The van der Waals surface area contributed by atoms with Crippen molar-refractivity contribution in [3.63, 3.8) is 0 Å². The van der Waals surface area contributed by atoms with Gasteiger partial charge in [-0.15, -0.1) is 0 Å². The second kappa shape index (κ2) is 7.55. The highest BCUT2D eigenvalue weighted by Gasteiger charge is 2.08. The fourth-order valence-electron chi connectivity index (χ4n) is 1.84. The zero-order valence-corrected chi connectivity index (χ0v) is 13.2.